The van der Waals surface area contributed by atoms with E-state index in [4.69, 9.17) is 9.47 Å². The van der Waals surface area contributed by atoms with E-state index in [9.17, 15) is 14.4 Å². The number of rotatable bonds is 8. The number of hydrogen-bond donors (Lipinski definition) is 2. The highest BCUT2D eigenvalue weighted by atomic mass is 16.5. The van der Waals surface area contributed by atoms with Gasteiger partial charge in [-0.3, -0.25) is 19.5 Å². The van der Waals surface area contributed by atoms with Gasteiger partial charge >= 0.3 is 0 Å². The van der Waals surface area contributed by atoms with Crippen LogP contribution in [0.15, 0.2) is 52.1 Å². The minimum Gasteiger partial charge on any atom is -0.490 e. The van der Waals surface area contributed by atoms with E-state index in [1.165, 1.54) is 0 Å². The average Bonchev–Trinajstić information content (AvgIpc) is 2.73. The number of carbonyl (C=O) groups is 1. The predicted octanol–water partition coefficient (Wildman–Crippen LogP) is 2.36. The molecule has 0 spiro atoms. The topological polar surface area (TPSA) is 102 Å². The van der Waals surface area contributed by atoms with Gasteiger partial charge in [-0.25, -0.2) is 4.68 Å². The van der Waals surface area contributed by atoms with Crippen LogP contribution in [-0.2, 0) is 11.3 Å². The summed E-state index contributed by atoms with van der Waals surface area (Å²) in [5, 5.41) is 5.87. The van der Waals surface area contributed by atoms with E-state index in [2.05, 4.69) is 10.4 Å². The zero-order valence-electron chi connectivity index (χ0n) is 17.2. The summed E-state index contributed by atoms with van der Waals surface area (Å²) in [6, 6.07) is 11.6. The fourth-order valence-corrected chi connectivity index (χ4v) is 3.21. The summed E-state index contributed by atoms with van der Waals surface area (Å²) in [6.07, 6.45) is 0. The van der Waals surface area contributed by atoms with E-state index in [1.807, 2.05) is 32.9 Å². The standard InChI is InChI=1S/C22H25N3O5/c1-4-29-18-11-10-15(12-19(18)30-5-2)14(3)23-20(26)13-25-22(28)17-9-7-6-8-16(17)21(27)24-25/h6-12,14H,4-5,13H2,1-3H3,(H,23,26)(H,24,27)/t14-/m1/s1. The van der Waals surface area contributed by atoms with Crippen LogP contribution in [0.25, 0.3) is 10.8 Å². The van der Waals surface area contributed by atoms with E-state index >= 15 is 0 Å². The van der Waals surface area contributed by atoms with Crippen LogP contribution in [0.3, 0.4) is 0 Å². The molecule has 0 saturated carbocycles. The Kier molecular flexibility index (Phi) is 6.56. The van der Waals surface area contributed by atoms with E-state index in [1.54, 1.807) is 30.3 Å². The number of H-pyrrole nitrogens is 1. The third-order valence-electron chi connectivity index (χ3n) is 4.63. The van der Waals surface area contributed by atoms with Crippen LogP contribution in [0.4, 0.5) is 0 Å². The Bertz CT molecular complexity index is 1170. The number of hydrogen-bond acceptors (Lipinski definition) is 5. The van der Waals surface area contributed by atoms with Crippen LogP contribution in [-0.4, -0.2) is 28.9 Å². The van der Waals surface area contributed by atoms with Crippen LogP contribution in [0, 0.1) is 0 Å². The highest BCUT2D eigenvalue weighted by Gasteiger charge is 2.15. The Morgan fingerprint density at radius 3 is 2.40 bits per heavy atom. The highest BCUT2D eigenvalue weighted by Crippen LogP contribution is 2.30. The number of fused-ring (bicyclic) bond motifs is 1. The highest BCUT2D eigenvalue weighted by molar-refractivity contribution is 5.81. The zero-order valence-corrected chi connectivity index (χ0v) is 17.2. The van der Waals surface area contributed by atoms with Crippen molar-refractivity contribution < 1.29 is 14.3 Å². The van der Waals surface area contributed by atoms with Crippen LogP contribution in [0.5, 0.6) is 11.5 Å². The van der Waals surface area contributed by atoms with Gasteiger partial charge in [0.15, 0.2) is 11.5 Å². The van der Waals surface area contributed by atoms with Gasteiger partial charge in [-0.1, -0.05) is 18.2 Å². The van der Waals surface area contributed by atoms with Gasteiger partial charge in [0.1, 0.15) is 6.54 Å². The largest absolute Gasteiger partial charge is 0.490 e. The molecule has 8 nitrogen and oxygen atoms in total. The number of carbonyl (C=O) groups excluding carboxylic acids is 1. The molecule has 0 unspecified atom stereocenters. The SMILES string of the molecule is CCOc1ccc([C@@H](C)NC(=O)Cn2[nH]c(=O)c3ccccc3c2=O)cc1OCC. The number of aromatic amines is 1. The molecule has 1 heterocycles. The molecule has 0 aliphatic rings. The third-order valence-corrected chi connectivity index (χ3v) is 4.63. The number of ether oxygens (including phenoxy) is 2. The van der Waals surface area contributed by atoms with Crippen molar-refractivity contribution in [2.24, 2.45) is 0 Å². The van der Waals surface area contributed by atoms with Crippen molar-refractivity contribution in [2.75, 3.05) is 13.2 Å². The quantitative estimate of drug-likeness (QED) is 0.592. The van der Waals surface area contributed by atoms with E-state index in [0.717, 1.165) is 10.2 Å². The summed E-state index contributed by atoms with van der Waals surface area (Å²) in [6.45, 7) is 6.32. The summed E-state index contributed by atoms with van der Waals surface area (Å²) >= 11 is 0. The first-order valence-corrected chi connectivity index (χ1v) is 9.85. The smallest absolute Gasteiger partial charge is 0.273 e. The van der Waals surface area contributed by atoms with Gasteiger partial charge in [0.05, 0.1) is 30.0 Å². The fourth-order valence-electron chi connectivity index (χ4n) is 3.21. The predicted molar refractivity (Wildman–Crippen MR) is 114 cm³/mol. The maximum absolute atomic E-state index is 12.6. The normalized spacial score (nSPS) is 11.8. The molecule has 0 bridgehead atoms. The van der Waals surface area contributed by atoms with Crippen LogP contribution >= 0.6 is 0 Å². The molecular formula is C22H25N3O5. The molecule has 0 aliphatic carbocycles. The second-order valence-corrected chi connectivity index (χ2v) is 6.74. The number of nitrogens with one attached hydrogen (secondary N) is 2. The van der Waals surface area contributed by atoms with Crippen LogP contribution in [0.1, 0.15) is 32.4 Å². The molecule has 1 atom stereocenters. The monoisotopic (exact) mass is 411 g/mol. The van der Waals surface area contributed by atoms with Crippen molar-refractivity contribution >= 4 is 16.7 Å². The lowest BCUT2D eigenvalue weighted by molar-refractivity contribution is -0.122. The van der Waals surface area contributed by atoms with Gasteiger partial charge in [0.25, 0.3) is 11.1 Å². The first kappa shape index (κ1) is 21.2. The van der Waals surface area contributed by atoms with E-state index in [-0.39, 0.29) is 18.0 Å². The molecule has 30 heavy (non-hydrogen) atoms. The molecule has 0 radical (unpaired) electrons. The maximum Gasteiger partial charge on any atom is 0.273 e. The minimum atomic E-state index is -0.423. The van der Waals surface area contributed by atoms with Gasteiger partial charge in [0.2, 0.25) is 5.91 Å². The molecule has 2 N–H and O–H groups in total. The number of aromatic nitrogens is 2. The van der Waals surface area contributed by atoms with E-state index < -0.39 is 17.0 Å². The van der Waals surface area contributed by atoms with Crippen molar-refractivity contribution in [2.45, 2.75) is 33.4 Å². The van der Waals surface area contributed by atoms with Crippen molar-refractivity contribution in [3.63, 3.8) is 0 Å². The summed E-state index contributed by atoms with van der Waals surface area (Å²) in [5.41, 5.74) is -0.0128. The fraction of sp³-hybridized carbons (Fsp3) is 0.318. The van der Waals surface area contributed by atoms with Crippen LogP contribution in [0.2, 0.25) is 0 Å². The molecule has 158 valence electrons. The Labute approximate surface area is 173 Å². The van der Waals surface area contributed by atoms with Crippen molar-refractivity contribution in [3.05, 3.63) is 68.7 Å². The van der Waals surface area contributed by atoms with E-state index in [0.29, 0.717) is 30.1 Å². The van der Waals surface area contributed by atoms with Gasteiger partial charge < -0.3 is 14.8 Å². The Balaban J connectivity index is 1.77. The summed E-state index contributed by atoms with van der Waals surface area (Å²) < 4.78 is 12.2. The lowest BCUT2D eigenvalue weighted by Crippen LogP contribution is -2.37. The summed E-state index contributed by atoms with van der Waals surface area (Å²) in [7, 11) is 0. The third kappa shape index (κ3) is 4.53. The molecule has 1 amide bonds. The van der Waals surface area contributed by atoms with Crippen molar-refractivity contribution in [3.8, 4) is 11.5 Å². The average molecular weight is 411 g/mol. The van der Waals surface area contributed by atoms with Gasteiger partial charge in [-0.2, -0.15) is 0 Å². The zero-order chi connectivity index (χ0) is 21.7. The lowest BCUT2D eigenvalue weighted by atomic mass is 10.1. The lowest BCUT2D eigenvalue weighted by Gasteiger charge is -2.18. The van der Waals surface area contributed by atoms with Gasteiger partial charge in [-0.15, -0.1) is 0 Å². The Hall–Kier alpha value is -3.55. The second-order valence-electron chi connectivity index (χ2n) is 6.74. The molecule has 0 aliphatic heterocycles. The first-order chi connectivity index (χ1) is 14.4. The molecule has 3 rings (SSSR count). The molecule has 0 saturated heterocycles. The number of nitrogens with zero attached hydrogens (tertiary/aromatic N) is 1. The summed E-state index contributed by atoms with van der Waals surface area (Å²) in [4.78, 5) is 37.3. The van der Waals surface area contributed by atoms with Crippen molar-refractivity contribution in [1.29, 1.82) is 0 Å². The maximum atomic E-state index is 12.6. The minimum absolute atomic E-state index is 0.273. The first-order valence-electron chi connectivity index (χ1n) is 9.85. The Morgan fingerprint density at radius 2 is 1.70 bits per heavy atom. The second kappa shape index (κ2) is 9.30. The van der Waals surface area contributed by atoms with Gasteiger partial charge in [-0.05, 0) is 50.6 Å². The number of benzene rings is 2. The molecule has 1 aromatic heterocycles. The molecule has 2 aromatic carbocycles. The van der Waals surface area contributed by atoms with Gasteiger partial charge in [0, 0.05) is 0 Å². The summed E-state index contributed by atoms with van der Waals surface area (Å²) in [5.74, 6) is 0.845. The van der Waals surface area contributed by atoms with Crippen molar-refractivity contribution in [1.82, 2.24) is 15.1 Å². The molecule has 8 heteroatoms. The molecular weight excluding hydrogens is 386 g/mol. The molecule has 3 aromatic rings. The molecule has 0 fully saturated rings. The Morgan fingerprint density at radius 1 is 1.03 bits per heavy atom. The van der Waals surface area contributed by atoms with Crippen LogP contribution < -0.4 is 25.9 Å². The number of amides is 1.